The van der Waals surface area contributed by atoms with Crippen LogP contribution in [-0.4, -0.2) is 16.9 Å². The topological polar surface area (TPSA) is 52.2 Å². The smallest absolute Gasteiger partial charge is 0.123 e. The van der Waals surface area contributed by atoms with Crippen LogP contribution in [0.3, 0.4) is 0 Å². The maximum Gasteiger partial charge on any atom is 0.123 e. The Morgan fingerprint density at radius 2 is 1.93 bits per heavy atom. The molecule has 0 fully saturated rings. The molecule has 0 saturated heterocycles. The highest BCUT2D eigenvalue weighted by Gasteiger charge is 2.13. The van der Waals surface area contributed by atoms with Crippen LogP contribution in [0.25, 0.3) is 16.9 Å². The second-order valence-corrected chi connectivity index (χ2v) is 6.34. The number of methoxy groups -OCH3 is 1. The van der Waals surface area contributed by atoms with Crippen LogP contribution in [0.15, 0.2) is 77.5 Å². The van der Waals surface area contributed by atoms with E-state index in [1.807, 2.05) is 48.7 Å². The van der Waals surface area contributed by atoms with Crippen LogP contribution in [-0.2, 0) is 13.1 Å². The van der Waals surface area contributed by atoms with Gasteiger partial charge < -0.3 is 14.5 Å². The summed E-state index contributed by atoms with van der Waals surface area (Å²) in [6.07, 6.45) is 3.61. The molecule has 0 radical (unpaired) electrons. The summed E-state index contributed by atoms with van der Waals surface area (Å²) in [7, 11) is 1.63. The summed E-state index contributed by atoms with van der Waals surface area (Å²) in [6, 6.07) is 17.9. The molecule has 5 nitrogen and oxygen atoms in total. The fourth-order valence-electron chi connectivity index (χ4n) is 3.02. The molecule has 0 saturated carbocycles. The summed E-state index contributed by atoms with van der Waals surface area (Å²) in [4.78, 5) is 0. The molecular formula is C22H20FN3O2. The van der Waals surface area contributed by atoms with Crippen molar-refractivity contribution in [2.24, 2.45) is 0 Å². The average Bonchev–Trinajstić information content (AvgIpc) is 3.38. The van der Waals surface area contributed by atoms with E-state index in [0.29, 0.717) is 13.1 Å². The zero-order chi connectivity index (χ0) is 19.3. The van der Waals surface area contributed by atoms with Crippen LogP contribution >= 0.6 is 0 Å². The molecule has 0 aliphatic heterocycles. The lowest BCUT2D eigenvalue weighted by molar-refractivity contribution is 0.414. The van der Waals surface area contributed by atoms with Gasteiger partial charge in [0.05, 0.1) is 31.3 Å². The molecule has 0 spiro atoms. The lowest BCUT2D eigenvalue weighted by Crippen LogP contribution is -2.12. The van der Waals surface area contributed by atoms with Gasteiger partial charge >= 0.3 is 0 Å². The number of benzene rings is 2. The summed E-state index contributed by atoms with van der Waals surface area (Å²) in [5.74, 6) is 1.35. The monoisotopic (exact) mass is 377 g/mol. The van der Waals surface area contributed by atoms with Crippen molar-refractivity contribution in [3.8, 4) is 22.7 Å². The first-order valence-electron chi connectivity index (χ1n) is 8.95. The molecule has 2 heterocycles. The predicted molar refractivity (Wildman–Crippen MR) is 105 cm³/mol. The molecule has 0 aliphatic rings. The van der Waals surface area contributed by atoms with Gasteiger partial charge in [-0.25, -0.2) is 9.07 Å². The van der Waals surface area contributed by atoms with E-state index >= 15 is 0 Å². The first-order valence-corrected chi connectivity index (χ1v) is 8.95. The van der Waals surface area contributed by atoms with Gasteiger partial charge in [-0.2, -0.15) is 5.10 Å². The molecule has 2 aromatic heterocycles. The molecule has 1 N–H and O–H groups in total. The number of furan rings is 1. The number of hydrogen-bond acceptors (Lipinski definition) is 4. The zero-order valence-electron chi connectivity index (χ0n) is 15.4. The van der Waals surface area contributed by atoms with E-state index in [2.05, 4.69) is 5.32 Å². The van der Waals surface area contributed by atoms with Crippen LogP contribution in [0.2, 0.25) is 0 Å². The molecule has 0 unspecified atom stereocenters. The predicted octanol–water partition coefficient (Wildman–Crippen LogP) is 4.57. The van der Waals surface area contributed by atoms with Crippen molar-refractivity contribution in [1.29, 1.82) is 0 Å². The highest BCUT2D eigenvalue weighted by Crippen LogP contribution is 2.25. The molecule has 0 atom stereocenters. The van der Waals surface area contributed by atoms with Gasteiger partial charge in [-0.3, -0.25) is 0 Å². The lowest BCUT2D eigenvalue weighted by Gasteiger charge is -2.04. The summed E-state index contributed by atoms with van der Waals surface area (Å²) in [6.45, 7) is 1.17. The van der Waals surface area contributed by atoms with Gasteiger partial charge in [0.2, 0.25) is 0 Å². The van der Waals surface area contributed by atoms with E-state index < -0.39 is 0 Å². The second kappa shape index (κ2) is 8.10. The minimum Gasteiger partial charge on any atom is -0.497 e. The fourth-order valence-corrected chi connectivity index (χ4v) is 3.02. The normalized spacial score (nSPS) is 10.9. The Hall–Kier alpha value is -3.38. The van der Waals surface area contributed by atoms with Gasteiger partial charge in [0.1, 0.15) is 17.3 Å². The molecule has 0 bridgehead atoms. The van der Waals surface area contributed by atoms with Crippen molar-refractivity contribution in [3.63, 3.8) is 0 Å². The Morgan fingerprint density at radius 1 is 1.07 bits per heavy atom. The number of ether oxygens (including phenoxy) is 1. The van der Waals surface area contributed by atoms with Crippen molar-refractivity contribution >= 4 is 0 Å². The average molecular weight is 377 g/mol. The van der Waals surface area contributed by atoms with E-state index in [9.17, 15) is 4.39 Å². The summed E-state index contributed by atoms with van der Waals surface area (Å²) >= 11 is 0. The van der Waals surface area contributed by atoms with E-state index in [4.69, 9.17) is 14.3 Å². The van der Waals surface area contributed by atoms with E-state index in [-0.39, 0.29) is 5.82 Å². The van der Waals surface area contributed by atoms with Crippen LogP contribution in [0.4, 0.5) is 4.39 Å². The largest absolute Gasteiger partial charge is 0.497 e. The minimum absolute atomic E-state index is 0.286. The van der Waals surface area contributed by atoms with Crippen molar-refractivity contribution in [3.05, 3.63) is 90.3 Å². The van der Waals surface area contributed by atoms with Gasteiger partial charge in [-0.15, -0.1) is 0 Å². The minimum atomic E-state index is -0.286. The molecule has 2 aromatic carbocycles. The van der Waals surface area contributed by atoms with Crippen molar-refractivity contribution in [1.82, 2.24) is 15.1 Å². The molecule has 142 valence electrons. The van der Waals surface area contributed by atoms with Crippen LogP contribution in [0.5, 0.6) is 5.75 Å². The first-order chi connectivity index (χ1) is 13.7. The van der Waals surface area contributed by atoms with Crippen LogP contribution in [0.1, 0.15) is 11.3 Å². The third-order valence-electron chi connectivity index (χ3n) is 4.42. The molecule has 0 aliphatic carbocycles. The molecule has 28 heavy (non-hydrogen) atoms. The van der Waals surface area contributed by atoms with Crippen molar-refractivity contribution < 1.29 is 13.5 Å². The highest BCUT2D eigenvalue weighted by molar-refractivity contribution is 5.63. The number of rotatable bonds is 7. The van der Waals surface area contributed by atoms with Gasteiger partial charge in [0.25, 0.3) is 0 Å². The third kappa shape index (κ3) is 3.97. The van der Waals surface area contributed by atoms with E-state index in [0.717, 1.165) is 34.0 Å². The fraction of sp³-hybridized carbons (Fsp3) is 0.136. The molecule has 4 aromatic rings. The van der Waals surface area contributed by atoms with E-state index in [1.165, 1.54) is 12.1 Å². The Labute approximate surface area is 162 Å². The van der Waals surface area contributed by atoms with Crippen molar-refractivity contribution in [2.45, 2.75) is 13.1 Å². The number of halogens is 1. The quantitative estimate of drug-likeness (QED) is 0.513. The number of nitrogens with zero attached hydrogens (tertiary/aromatic N) is 2. The number of nitrogens with one attached hydrogen (secondary N) is 1. The Morgan fingerprint density at radius 3 is 2.64 bits per heavy atom. The molecule has 0 amide bonds. The number of aromatic nitrogens is 2. The lowest BCUT2D eigenvalue weighted by atomic mass is 10.1. The zero-order valence-corrected chi connectivity index (χ0v) is 15.4. The Kier molecular flexibility index (Phi) is 5.21. The van der Waals surface area contributed by atoms with Crippen LogP contribution in [0, 0.1) is 5.82 Å². The second-order valence-electron chi connectivity index (χ2n) is 6.34. The maximum absolute atomic E-state index is 13.8. The highest BCUT2D eigenvalue weighted by atomic mass is 19.1. The van der Waals surface area contributed by atoms with Gasteiger partial charge in [0, 0.05) is 23.9 Å². The maximum atomic E-state index is 13.8. The molecular weight excluding hydrogens is 357 g/mol. The van der Waals surface area contributed by atoms with Gasteiger partial charge in [-0.1, -0.05) is 12.1 Å². The third-order valence-corrected chi connectivity index (χ3v) is 4.42. The van der Waals surface area contributed by atoms with Gasteiger partial charge in [0.15, 0.2) is 0 Å². The Balaban J connectivity index is 1.64. The van der Waals surface area contributed by atoms with Gasteiger partial charge in [-0.05, 0) is 48.5 Å². The van der Waals surface area contributed by atoms with E-state index in [1.54, 1.807) is 24.1 Å². The summed E-state index contributed by atoms with van der Waals surface area (Å²) < 4.78 is 26.1. The SMILES string of the molecule is COc1ccc(-n2cc(CNCc3ccco3)c(-c3cccc(F)c3)n2)cc1. The Bertz CT molecular complexity index is 1040. The molecule has 6 heteroatoms. The summed E-state index contributed by atoms with van der Waals surface area (Å²) in [5, 5.41) is 8.06. The first kappa shape index (κ1) is 18.0. The van der Waals surface area contributed by atoms with Crippen molar-refractivity contribution in [2.75, 3.05) is 7.11 Å². The van der Waals surface area contributed by atoms with Crippen LogP contribution < -0.4 is 10.1 Å². The number of hydrogen-bond donors (Lipinski definition) is 1. The summed E-state index contributed by atoms with van der Waals surface area (Å²) in [5.41, 5.74) is 3.34. The standard InChI is InChI=1S/C22H20FN3O2/c1-27-20-9-7-19(8-10-20)26-15-17(13-24-14-21-6-3-11-28-21)22(25-26)16-4-2-5-18(23)12-16/h2-12,15,24H,13-14H2,1H3. The molecule has 4 rings (SSSR count).